The van der Waals surface area contributed by atoms with E-state index in [9.17, 15) is 9.90 Å². The third-order valence-corrected chi connectivity index (χ3v) is 6.13. The Labute approximate surface area is 157 Å². The molecule has 0 aliphatic heterocycles. The minimum Gasteiger partial charge on any atom is -0.395 e. The number of aromatic amines is 1. The topological polar surface area (TPSA) is 56.3 Å². The Bertz CT molecular complexity index is 914. The fourth-order valence-electron chi connectivity index (χ4n) is 4.02. The number of hydrogen-bond acceptors (Lipinski definition) is 3. The molecule has 1 unspecified atom stereocenters. The predicted molar refractivity (Wildman–Crippen MR) is 106 cm³/mol. The van der Waals surface area contributed by atoms with Gasteiger partial charge in [0.15, 0.2) is 0 Å². The first-order valence-electron chi connectivity index (χ1n) is 9.20. The molecule has 2 N–H and O–H groups in total. The second-order valence-corrected chi connectivity index (χ2v) is 8.11. The van der Waals surface area contributed by atoms with Crippen LogP contribution in [0.1, 0.15) is 40.5 Å². The first-order chi connectivity index (χ1) is 12.7. The molecule has 1 atom stereocenters. The number of hydrogen-bond donors (Lipinski definition) is 2. The van der Waals surface area contributed by atoms with Crippen molar-refractivity contribution in [1.29, 1.82) is 0 Å². The first-order valence-corrected chi connectivity index (χ1v) is 10.1. The van der Waals surface area contributed by atoms with E-state index in [1.807, 2.05) is 22.4 Å². The van der Waals surface area contributed by atoms with Crippen LogP contribution in [0.2, 0.25) is 0 Å². The number of rotatable bonds is 5. The van der Waals surface area contributed by atoms with Crippen molar-refractivity contribution >= 4 is 28.1 Å². The Morgan fingerprint density at radius 3 is 3.04 bits per heavy atom. The van der Waals surface area contributed by atoms with Gasteiger partial charge < -0.3 is 15.0 Å². The van der Waals surface area contributed by atoms with Crippen LogP contribution in [-0.2, 0) is 17.8 Å². The summed E-state index contributed by atoms with van der Waals surface area (Å²) < 4.78 is 0. The summed E-state index contributed by atoms with van der Waals surface area (Å²) in [4.78, 5) is 19.8. The van der Waals surface area contributed by atoms with Gasteiger partial charge in [0.25, 0.3) is 0 Å². The third-order valence-electron chi connectivity index (χ3n) is 5.27. The molecule has 2 aromatic heterocycles. The maximum atomic E-state index is 13.3. The van der Waals surface area contributed by atoms with E-state index in [0.717, 1.165) is 35.4 Å². The summed E-state index contributed by atoms with van der Waals surface area (Å²) in [5, 5.41) is 12.7. The second kappa shape index (κ2) is 7.25. The van der Waals surface area contributed by atoms with E-state index >= 15 is 0 Å². The van der Waals surface area contributed by atoms with Crippen LogP contribution in [0.15, 0.2) is 35.7 Å². The van der Waals surface area contributed by atoms with Gasteiger partial charge in [-0.25, -0.2) is 0 Å². The Balaban J connectivity index is 1.67. The maximum Gasteiger partial charge on any atom is 0.232 e. The number of aliphatic hydroxyl groups excluding tert-OH is 1. The van der Waals surface area contributed by atoms with Crippen LogP contribution in [0, 0.1) is 6.92 Å². The molecule has 1 aromatic carbocycles. The summed E-state index contributed by atoms with van der Waals surface area (Å²) >= 11 is 1.65. The normalized spacial score (nSPS) is 16.6. The van der Waals surface area contributed by atoms with E-state index in [4.69, 9.17) is 0 Å². The van der Waals surface area contributed by atoms with Crippen LogP contribution in [0.3, 0.4) is 0 Å². The van der Waals surface area contributed by atoms with Gasteiger partial charge in [-0.3, -0.25) is 4.79 Å². The Kier molecular flexibility index (Phi) is 4.83. The van der Waals surface area contributed by atoms with E-state index in [1.54, 1.807) is 11.3 Å². The molecular formula is C21H24N2O2S. The molecule has 5 heteroatoms. The van der Waals surface area contributed by atoms with E-state index in [-0.39, 0.29) is 18.4 Å². The van der Waals surface area contributed by atoms with Gasteiger partial charge in [0.2, 0.25) is 5.91 Å². The Morgan fingerprint density at radius 2 is 2.27 bits per heavy atom. The van der Waals surface area contributed by atoms with Gasteiger partial charge in [0.05, 0.1) is 19.1 Å². The largest absolute Gasteiger partial charge is 0.395 e. The smallest absolute Gasteiger partial charge is 0.232 e. The fraction of sp³-hybridized carbons (Fsp3) is 0.381. The molecule has 0 radical (unpaired) electrons. The zero-order valence-corrected chi connectivity index (χ0v) is 15.8. The summed E-state index contributed by atoms with van der Waals surface area (Å²) in [6.45, 7) is 3.04. The van der Waals surface area contributed by atoms with E-state index in [0.29, 0.717) is 13.1 Å². The van der Waals surface area contributed by atoms with Crippen LogP contribution in [-0.4, -0.2) is 34.0 Å². The lowest BCUT2D eigenvalue weighted by atomic mass is 9.85. The Hall–Kier alpha value is -2.11. The van der Waals surface area contributed by atoms with Crippen molar-refractivity contribution < 1.29 is 9.90 Å². The molecule has 1 amide bonds. The number of carbonyl (C=O) groups excluding carboxylic acids is 1. The van der Waals surface area contributed by atoms with Gasteiger partial charge in [0, 0.05) is 28.0 Å². The average molecular weight is 369 g/mol. The average Bonchev–Trinajstić information content (AvgIpc) is 3.28. The van der Waals surface area contributed by atoms with Crippen molar-refractivity contribution in [3.05, 3.63) is 57.4 Å². The second-order valence-electron chi connectivity index (χ2n) is 7.07. The van der Waals surface area contributed by atoms with Gasteiger partial charge in [-0.1, -0.05) is 17.7 Å². The van der Waals surface area contributed by atoms with Crippen molar-refractivity contribution in [2.45, 2.75) is 38.6 Å². The summed E-state index contributed by atoms with van der Waals surface area (Å²) in [7, 11) is 0. The standard InChI is InChI=1S/C21H24N2O2S/c1-14-7-8-19-18(12-14)16-5-2-6-17(20(16)22-19)21(25)23(9-10-24)13-15-4-3-11-26-15/h3-4,7-8,11-12,17,22,24H,2,5-6,9-10,13H2,1H3. The van der Waals surface area contributed by atoms with Gasteiger partial charge >= 0.3 is 0 Å². The molecule has 4 rings (SSSR count). The molecule has 1 aliphatic carbocycles. The number of carbonyl (C=O) groups is 1. The molecular weight excluding hydrogens is 344 g/mol. The van der Waals surface area contributed by atoms with Gasteiger partial charge in [-0.15, -0.1) is 11.3 Å². The minimum absolute atomic E-state index is 0.0113. The number of nitrogens with one attached hydrogen (secondary N) is 1. The van der Waals surface area contributed by atoms with Crippen LogP contribution in [0.4, 0.5) is 0 Å². The molecule has 3 aromatic rings. The highest BCUT2D eigenvalue weighted by Gasteiger charge is 2.32. The highest BCUT2D eigenvalue weighted by Crippen LogP contribution is 2.37. The number of H-pyrrole nitrogens is 1. The van der Waals surface area contributed by atoms with Crippen LogP contribution < -0.4 is 0 Å². The summed E-state index contributed by atoms with van der Waals surface area (Å²) in [5.41, 5.74) is 4.74. The SMILES string of the molecule is Cc1ccc2[nH]c3c(c2c1)CCCC3C(=O)N(CCO)Cc1cccs1. The maximum absolute atomic E-state index is 13.3. The molecule has 0 bridgehead atoms. The van der Waals surface area contributed by atoms with Crippen LogP contribution >= 0.6 is 11.3 Å². The van der Waals surface area contributed by atoms with Gasteiger partial charge in [-0.05, 0) is 55.3 Å². The molecule has 0 saturated carbocycles. The molecule has 4 nitrogen and oxygen atoms in total. The number of amides is 1. The molecule has 136 valence electrons. The van der Waals surface area contributed by atoms with Crippen LogP contribution in [0.5, 0.6) is 0 Å². The number of nitrogens with zero attached hydrogens (tertiary/aromatic N) is 1. The summed E-state index contributed by atoms with van der Waals surface area (Å²) in [6.07, 6.45) is 2.91. The lowest BCUT2D eigenvalue weighted by molar-refractivity contribution is -0.134. The highest BCUT2D eigenvalue weighted by molar-refractivity contribution is 7.09. The number of fused-ring (bicyclic) bond motifs is 3. The fourth-order valence-corrected chi connectivity index (χ4v) is 4.74. The number of aliphatic hydroxyl groups is 1. The van der Waals surface area contributed by atoms with Crippen molar-refractivity contribution in [2.75, 3.05) is 13.2 Å². The van der Waals surface area contributed by atoms with E-state index in [1.165, 1.54) is 16.5 Å². The zero-order valence-electron chi connectivity index (χ0n) is 15.0. The first kappa shape index (κ1) is 17.3. The molecule has 0 spiro atoms. The van der Waals surface area contributed by atoms with Gasteiger partial charge in [-0.2, -0.15) is 0 Å². The number of aromatic nitrogens is 1. The summed E-state index contributed by atoms with van der Waals surface area (Å²) in [6, 6.07) is 10.5. The van der Waals surface area contributed by atoms with E-state index in [2.05, 4.69) is 30.1 Å². The molecule has 26 heavy (non-hydrogen) atoms. The third kappa shape index (κ3) is 3.17. The van der Waals surface area contributed by atoms with Gasteiger partial charge in [0.1, 0.15) is 0 Å². The molecule has 2 heterocycles. The molecule has 0 fully saturated rings. The number of thiophene rings is 1. The lowest BCUT2D eigenvalue weighted by Crippen LogP contribution is -2.37. The van der Waals surface area contributed by atoms with E-state index < -0.39 is 0 Å². The quantitative estimate of drug-likeness (QED) is 0.716. The Morgan fingerprint density at radius 1 is 1.38 bits per heavy atom. The van der Waals surface area contributed by atoms with Crippen molar-refractivity contribution in [3.63, 3.8) is 0 Å². The zero-order chi connectivity index (χ0) is 18.1. The summed E-state index contributed by atoms with van der Waals surface area (Å²) in [5.74, 6) is -0.0188. The number of benzene rings is 1. The minimum atomic E-state index is -0.141. The monoisotopic (exact) mass is 368 g/mol. The van der Waals surface area contributed by atoms with Crippen molar-refractivity contribution in [2.24, 2.45) is 0 Å². The highest BCUT2D eigenvalue weighted by atomic mass is 32.1. The van der Waals surface area contributed by atoms with Crippen molar-refractivity contribution in [1.82, 2.24) is 9.88 Å². The van der Waals surface area contributed by atoms with Crippen LogP contribution in [0.25, 0.3) is 10.9 Å². The van der Waals surface area contributed by atoms with Crippen molar-refractivity contribution in [3.8, 4) is 0 Å². The predicted octanol–water partition coefficient (Wildman–Crippen LogP) is 3.98. The number of aryl methyl sites for hydroxylation is 2. The molecule has 1 aliphatic rings. The lowest BCUT2D eigenvalue weighted by Gasteiger charge is -2.29. The molecule has 0 saturated heterocycles.